The smallest absolute Gasteiger partial charge is 0.123 e. The minimum atomic E-state index is -0.154. The first kappa shape index (κ1) is 16.7. The van der Waals surface area contributed by atoms with Crippen LogP contribution >= 0.6 is 11.6 Å². The first-order chi connectivity index (χ1) is 12.6. The zero-order valence-electron chi connectivity index (χ0n) is 14.9. The van der Waals surface area contributed by atoms with Gasteiger partial charge in [0, 0.05) is 36.2 Å². The normalized spacial score (nSPS) is 31.3. The number of rotatable bonds is 3. The minimum Gasteiger partial charge on any atom is -0.297 e. The highest BCUT2D eigenvalue weighted by Gasteiger charge is 2.59. The molecule has 2 aromatic carbocycles. The molecule has 3 saturated heterocycles. The molecule has 4 heteroatoms. The van der Waals surface area contributed by atoms with Crippen molar-refractivity contribution in [1.29, 1.82) is 0 Å². The van der Waals surface area contributed by atoms with Crippen LogP contribution in [0.25, 0.3) is 0 Å². The van der Waals surface area contributed by atoms with E-state index in [0.717, 1.165) is 30.6 Å². The molecule has 5 rings (SSSR count). The zero-order valence-corrected chi connectivity index (χ0v) is 15.6. The van der Waals surface area contributed by atoms with Gasteiger partial charge in [-0.05, 0) is 67.1 Å². The Labute approximate surface area is 159 Å². The van der Waals surface area contributed by atoms with Crippen LogP contribution in [0.4, 0.5) is 4.39 Å². The second-order valence-electron chi connectivity index (χ2n) is 8.20. The predicted molar refractivity (Wildman–Crippen MR) is 103 cm³/mol. The van der Waals surface area contributed by atoms with Gasteiger partial charge in [-0.25, -0.2) is 4.39 Å². The second kappa shape index (κ2) is 6.33. The van der Waals surface area contributed by atoms with Gasteiger partial charge in [0.2, 0.25) is 0 Å². The van der Waals surface area contributed by atoms with E-state index in [9.17, 15) is 4.39 Å². The van der Waals surface area contributed by atoms with Crippen LogP contribution in [0.2, 0.25) is 5.02 Å². The van der Waals surface area contributed by atoms with E-state index in [1.165, 1.54) is 36.9 Å². The van der Waals surface area contributed by atoms with E-state index >= 15 is 0 Å². The molecule has 3 aliphatic heterocycles. The molecule has 0 radical (unpaired) electrons. The number of hydrogen-bond donors (Lipinski definition) is 0. The van der Waals surface area contributed by atoms with Crippen molar-refractivity contribution in [3.63, 3.8) is 0 Å². The maximum Gasteiger partial charge on any atom is 0.123 e. The molecular formula is C22H24ClFN2. The van der Waals surface area contributed by atoms with Crippen LogP contribution in [-0.4, -0.2) is 35.0 Å². The van der Waals surface area contributed by atoms with Crippen molar-refractivity contribution < 1.29 is 4.39 Å². The van der Waals surface area contributed by atoms with Gasteiger partial charge in [0.25, 0.3) is 0 Å². The van der Waals surface area contributed by atoms with Crippen molar-refractivity contribution in [2.45, 2.75) is 37.4 Å². The summed E-state index contributed by atoms with van der Waals surface area (Å²) in [6, 6.07) is 16.0. The summed E-state index contributed by atoms with van der Waals surface area (Å²) in [7, 11) is 0. The average molecular weight is 371 g/mol. The Bertz CT molecular complexity index is 791. The Morgan fingerprint density at radius 3 is 2.62 bits per heavy atom. The van der Waals surface area contributed by atoms with Gasteiger partial charge < -0.3 is 0 Å². The molecular weight excluding hydrogens is 347 g/mol. The molecule has 3 fully saturated rings. The zero-order chi connectivity index (χ0) is 17.7. The van der Waals surface area contributed by atoms with Gasteiger partial charge in [0.05, 0.1) is 0 Å². The fourth-order valence-corrected chi connectivity index (χ4v) is 5.85. The summed E-state index contributed by atoms with van der Waals surface area (Å²) < 4.78 is 13.2. The summed E-state index contributed by atoms with van der Waals surface area (Å²) in [5.41, 5.74) is 2.96. The highest BCUT2D eigenvalue weighted by Crippen LogP contribution is 2.55. The Morgan fingerprint density at radius 2 is 1.85 bits per heavy atom. The molecule has 0 aliphatic carbocycles. The number of benzene rings is 2. The Balaban J connectivity index is 1.35. The van der Waals surface area contributed by atoms with Crippen LogP contribution in [0.5, 0.6) is 0 Å². The summed E-state index contributed by atoms with van der Waals surface area (Å²) in [6.07, 6.45) is 3.84. The summed E-state index contributed by atoms with van der Waals surface area (Å²) in [5, 5.41) is 0.813. The minimum absolute atomic E-state index is 0.154. The van der Waals surface area contributed by atoms with E-state index in [0.29, 0.717) is 11.6 Å². The van der Waals surface area contributed by atoms with Crippen LogP contribution in [0.15, 0.2) is 48.5 Å². The molecule has 3 heterocycles. The summed E-state index contributed by atoms with van der Waals surface area (Å²) >= 11 is 6.09. The molecule has 0 aromatic heterocycles. The van der Waals surface area contributed by atoms with E-state index in [4.69, 9.17) is 11.6 Å². The molecule has 0 unspecified atom stereocenters. The van der Waals surface area contributed by atoms with E-state index in [1.807, 2.05) is 24.3 Å². The molecule has 2 nitrogen and oxygen atoms in total. The van der Waals surface area contributed by atoms with Crippen LogP contribution < -0.4 is 0 Å². The summed E-state index contributed by atoms with van der Waals surface area (Å²) in [4.78, 5) is 5.36. The molecule has 0 N–H and O–H groups in total. The first-order valence-electron chi connectivity index (χ1n) is 9.63. The molecule has 136 valence electrons. The van der Waals surface area contributed by atoms with Crippen molar-refractivity contribution in [2.24, 2.45) is 5.92 Å². The van der Waals surface area contributed by atoms with Gasteiger partial charge in [0.1, 0.15) is 5.82 Å². The van der Waals surface area contributed by atoms with E-state index in [-0.39, 0.29) is 5.82 Å². The molecule has 0 bridgehead atoms. The lowest BCUT2D eigenvalue weighted by Gasteiger charge is -2.35. The van der Waals surface area contributed by atoms with Crippen molar-refractivity contribution in [2.75, 3.05) is 19.6 Å². The number of nitrogens with zero attached hydrogens (tertiary/aromatic N) is 2. The Hall–Kier alpha value is -1.42. The molecule has 0 amide bonds. The van der Waals surface area contributed by atoms with Gasteiger partial charge in [0.15, 0.2) is 0 Å². The van der Waals surface area contributed by atoms with Crippen molar-refractivity contribution >= 4 is 11.6 Å². The van der Waals surface area contributed by atoms with E-state index < -0.39 is 0 Å². The lowest BCUT2D eigenvalue weighted by molar-refractivity contribution is 0.131. The van der Waals surface area contributed by atoms with Crippen LogP contribution in [0, 0.1) is 11.7 Å². The van der Waals surface area contributed by atoms with Crippen LogP contribution in [0.1, 0.15) is 36.4 Å². The molecule has 1 spiro atoms. The van der Waals surface area contributed by atoms with Crippen molar-refractivity contribution in [1.82, 2.24) is 9.80 Å². The topological polar surface area (TPSA) is 6.48 Å². The SMILES string of the molecule is Fc1ccc(CN2C[C@@H]3C[C@H](c4ccc(Cl)cc4)N4CCC[C@@]34C2)cc1. The van der Waals surface area contributed by atoms with Crippen molar-refractivity contribution in [3.05, 3.63) is 70.5 Å². The standard InChI is InChI=1S/C22H24ClFN2/c23-19-6-4-17(5-7-19)21-12-18-14-25(13-16-2-8-20(24)9-3-16)15-22(18)10-1-11-26(21)22/h2-9,18,21H,1,10-15H2/t18-,21+,22+/m0/s1. The molecule has 3 atom stereocenters. The number of likely N-dealkylation sites (tertiary alicyclic amines) is 1. The molecule has 2 aromatic rings. The largest absolute Gasteiger partial charge is 0.297 e. The number of hydrogen-bond acceptors (Lipinski definition) is 2. The quantitative estimate of drug-likeness (QED) is 0.758. The lowest BCUT2D eigenvalue weighted by Crippen LogP contribution is -2.45. The summed E-state index contributed by atoms with van der Waals surface area (Å²) in [5.74, 6) is 0.574. The average Bonchev–Trinajstić information content (AvgIpc) is 3.26. The van der Waals surface area contributed by atoms with Gasteiger partial charge in [-0.3, -0.25) is 9.80 Å². The Morgan fingerprint density at radius 1 is 1.08 bits per heavy atom. The predicted octanol–water partition coefficient (Wildman–Crippen LogP) is 4.89. The third-order valence-corrected chi connectivity index (χ3v) is 7.03. The fraction of sp³-hybridized carbons (Fsp3) is 0.455. The third-order valence-electron chi connectivity index (χ3n) is 6.77. The van der Waals surface area contributed by atoms with Gasteiger partial charge in [-0.2, -0.15) is 0 Å². The summed E-state index contributed by atoms with van der Waals surface area (Å²) in [6.45, 7) is 4.42. The lowest BCUT2D eigenvalue weighted by atomic mass is 9.86. The van der Waals surface area contributed by atoms with E-state index in [1.54, 1.807) is 12.1 Å². The molecule has 0 saturated carbocycles. The highest BCUT2D eigenvalue weighted by molar-refractivity contribution is 6.30. The highest BCUT2D eigenvalue weighted by atomic mass is 35.5. The van der Waals surface area contributed by atoms with E-state index in [2.05, 4.69) is 21.9 Å². The number of halogens is 2. The fourth-order valence-electron chi connectivity index (χ4n) is 5.72. The molecule has 26 heavy (non-hydrogen) atoms. The van der Waals surface area contributed by atoms with Crippen LogP contribution in [-0.2, 0) is 6.54 Å². The van der Waals surface area contributed by atoms with Gasteiger partial charge >= 0.3 is 0 Å². The molecule has 3 aliphatic rings. The van der Waals surface area contributed by atoms with Gasteiger partial charge in [-0.1, -0.05) is 35.9 Å². The van der Waals surface area contributed by atoms with Crippen LogP contribution in [0.3, 0.4) is 0 Å². The third kappa shape index (κ3) is 2.69. The van der Waals surface area contributed by atoms with Crippen molar-refractivity contribution in [3.8, 4) is 0 Å². The Kier molecular flexibility index (Phi) is 4.07. The monoisotopic (exact) mass is 370 g/mol. The first-order valence-corrected chi connectivity index (χ1v) is 10.0. The van der Waals surface area contributed by atoms with Gasteiger partial charge in [-0.15, -0.1) is 0 Å². The second-order valence-corrected chi connectivity index (χ2v) is 8.63. The maximum absolute atomic E-state index is 13.2. The maximum atomic E-state index is 13.2.